The molecule has 3 amide bonds. The Morgan fingerprint density at radius 3 is 2.76 bits per heavy atom. The maximum absolute atomic E-state index is 12.6. The van der Waals surface area contributed by atoms with Crippen molar-refractivity contribution in [1.82, 2.24) is 10.2 Å². The molecule has 0 saturated carbocycles. The third kappa shape index (κ3) is 2.03. The molecular formula is C15H17N3O3. The Balaban J connectivity index is 1.94. The van der Waals surface area contributed by atoms with E-state index < -0.39 is 23.8 Å². The lowest BCUT2D eigenvalue weighted by Crippen LogP contribution is -2.53. The summed E-state index contributed by atoms with van der Waals surface area (Å²) in [6.07, 6.45) is 1.88. The highest BCUT2D eigenvalue weighted by Crippen LogP contribution is 2.29. The number of nitrogens with zero attached hydrogens (tertiary/aromatic N) is 1. The summed E-state index contributed by atoms with van der Waals surface area (Å²) in [4.78, 5) is 38.1. The van der Waals surface area contributed by atoms with Crippen LogP contribution < -0.4 is 11.1 Å². The number of nitrogen functional groups attached to an aromatic ring is 1. The van der Waals surface area contributed by atoms with Crippen molar-refractivity contribution in [3.05, 3.63) is 29.3 Å². The van der Waals surface area contributed by atoms with E-state index in [4.69, 9.17) is 5.73 Å². The molecule has 21 heavy (non-hydrogen) atoms. The molecule has 6 heteroatoms. The highest BCUT2D eigenvalue weighted by Gasteiger charge is 2.44. The van der Waals surface area contributed by atoms with Crippen LogP contribution >= 0.6 is 0 Å². The van der Waals surface area contributed by atoms with Crippen LogP contribution in [0.15, 0.2) is 18.2 Å². The number of imide groups is 3. The van der Waals surface area contributed by atoms with Crippen LogP contribution in [0.25, 0.3) is 0 Å². The van der Waals surface area contributed by atoms with Gasteiger partial charge >= 0.3 is 0 Å². The van der Waals surface area contributed by atoms with Crippen LogP contribution in [0.2, 0.25) is 0 Å². The van der Waals surface area contributed by atoms with E-state index in [-0.39, 0.29) is 22.7 Å². The number of carbonyl (C=O) groups is 3. The fourth-order valence-corrected chi connectivity index (χ4v) is 3.03. The summed E-state index contributed by atoms with van der Waals surface area (Å²) in [6.45, 7) is 2.66. The minimum Gasteiger partial charge on any atom is -0.398 e. The number of hydrogen-bond acceptors (Lipinski definition) is 5. The van der Waals surface area contributed by atoms with Crippen LogP contribution in [0, 0.1) is 5.92 Å². The average Bonchev–Trinajstić information content (AvgIpc) is 2.72. The molecule has 2 aliphatic heterocycles. The molecule has 0 aromatic heterocycles. The lowest BCUT2D eigenvalue weighted by Gasteiger charge is -2.30. The van der Waals surface area contributed by atoms with Gasteiger partial charge in [0.1, 0.15) is 0 Å². The number of rotatable bonds is 1. The first-order valence-electron chi connectivity index (χ1n) is 7.07. The molecule has 1 aromatic carbocycles. The molecule has 0 spiro atoms. The quantitative estimate of drug-likeness (QED) is 0.588. The van der Waals surface area contributed by atoms with Gasteiger partial charge in [-0.25, -0.2) is 4.90 Å². The third-order valence-electron chi connectivity index (χ3n) is 4.20. The zero-order chi connectivity index (χ0) is 15.1. The van der Waals surface area contributed by atoms with Crippen molar-refractivity contribution < 1.29 is 14.4 Å². The zero-order valence-electron chi connectivity index (χ0n) is 11.8. The van der Waals surface area contributed by atoms with E-state index in [0.717, 1.165) is 17.7 Å². The normalized spacial score (nSPS) is 25.1. The maximum Gasteiger partial charge on any atom is 0.270 e. The van der Waals surface area contributed by atoms with Crippen molar-refractivity contribution in [3.8, 4) is 0 Å². The van der Waals surface area contributed by atoms with Gasteiger partial charge in [-0.05, 0) is 37.4 Å². The number of hydrogen-bond donors (Lipinski definition) is 2. The van der Waals surface area contributed by atoms with Crippen LogP contribution in [-0.2, 0) is 4.79 Å². The Bertz CT molecular complexity index is 641. The Morgan fingerprint density at radius 2 is 2.10 bits per heavy atom. The number of anilines is 1. The molecule has 6 nitrogen and oxygen atoms in total. The molecule has 1 aromatic rings. The van der Waals surface area contributed by atoms with Crippen molar-refractivity contribution >= 4 is 23.4 Å². The molecule has 0 radical (unpaired) electrons. The monoisotopic (exact) mass is 287 g/mol. The SMILES string of the molecule is CC1CCCNC1C(=O)N1C(=O)c2cccc(N)c2C1=O. The second-order valence-electron chi connectivity index (χ2n) is 5.61. The van der Waals surface area contributed by atoms with Crippen molar-refractivity contribution in [3.63, 3.8) is 0 Å². The molecule has 0 aliphatic carbocycles. The molecule has 1 fully saturated rings. The van der Waals surface area contributed by atoms with E-state index in [1.54, 1.807) is 12.1 Å². The minimum atomic E-state index is -0.613. The van der Waals surface area contributed by atoms with Crippen LogP contribution in [0.1, 0.15) is 40.5 Å². The lowest BCUT2D eigenvalue weighted by molar-refractivity contribution is -0.130. The summed E-state index contributed by atoms with van der Waals surface area (Å²) >= 11 is 0. The van der Waals surface area contributed by atoms with Gasteiger partial charge in [0.15, 0.2) is 0 Å². The van der Waals surface area contributed by atoms with Gasteiger partial charge in [0.25, 0.3) is 17.7 Å². The molecule has 0 bridgehead atoms. The Labute approximate surface area is 122 Å². The second kappa shape index (κ2) is 4.96. The highest BCUT2D eigenvalue weighted by molar-refractivity contribution is 6.31. The highest BCUT2D eigenvalue weighted by atomic mass is 16.2. The molecular weight excluding hydrogens is 270 g/mol. The summed E-state index contributed by atoms with van der Waals surface area (Å²) in [5, 5.41) is 3.10. The van der Waals surface area contributed by atoms with Crippen LogP contribution in [-0.4, -0.2) is 35.2 Å². The molecule has 3 rings (SSSR count). The van der Waals surface area contributed by atoms with Gasteiger partial charge in [-0.2, -0.15) is 0 Å². The Kier molecular flexibility index (Phi) is 3.25. The van der Waals surface area contributed by atoms with Crippen molar-refractivity contribution in [2.75, 3.05) is 12.3 Å². The first kappa shape index (κ1) is 13.8. The summed E-state index contributed by atoms with van der Waals surface area (Å²) < 4.78 is 0. The molecule has 3 N–H and O–H groups in total. The standard InChI is InChI=1S/C15H17N3O3/c1-8-4-3-7-17-12(8)15(21)18-13(19)9-5-2-6-10(16)11(9)14(18)20/h2,5-6,8,12,17H,3-4,7,16H2,1H3. The molecule has 2 heterocycles. The maximum atomic E-state index is 12.6. The summed E-state index contributed by atoms with van der Waals surface area (Å²) in [5.41, 5.74) is 6.34. The Hall–Kier alpha value is -2.21. The van der Waals surface area contributed by atoms with Gasteiger partial charge in [0.2, 0.25) is 0 Å². The van der Waals surface area contributed by atoms with Crippen molar-refractivity contribution in [2.24, 2.45) is 5.92 Å². The van der Waals surface area contributed by atoms with E-state index in [1.807, 2.05) is 6.92 Å². The first-order chi connectivity index (χ1) is 10.0. The number of nitrogens with two attached hydrogens (primary N) is 1. The molecule has 1 saturated heterocycles. The number of benzene rings is 1. The van der Waals surface area contributed by atoms with Gasteiger partial charge < -0.3 is 11.1 Å². The van der Waals surface area contributed by atoms with Gasteiger partial charge in [-0.3, -0.25) is 14.4 Å². The fourth-order valence-electron chi connectivity index (χ4n) is 3.03. The summed E-state index contributed by atoms with van der Waals surface area (Å²) in [7, 11) is 0. The van der Waals surface area contributed by atoms with Crippen LogP contribution in [0.4, 0.5) is 5.69 Å². The van der Waals surface area contributed by atoms with Crippen molar-refractivity contribution in [1.29, 1.82) is 0 Å². The van der Waals surface area contributed by atoms with Crippen LogP contribution in [0.5, 0.6) is 0 Å². The molecule has 110 valence electrons. The van der Waals surface area contributed by atoms with Gasteiger partial charge in [0.05, 0.1) is 17.2 Å². The minimum absolute atomic E-state index is 0.0907. The zero-order valence-corrected chi connectivity index (χ0v) is 11.8. The van der Waals surface area contributed by atoms with E-state index in [1.165, 1.54) is 6.07 Å². The Morgan fingerprint density at radius 1 is 1.33 bits per heavy atom. The molecule has 2 unspecified atom stereocenters. The number of fused-ring (bicyclic) bond motifs is 1. The number of amides is 3. The largest absolute Gasteiger partial charge is 0.398 e. The van der Waals surface area contributed by atoms with E-state index in [0.29, 0.717) is 6.54 Å². The van der Waals surface area contributed by atoms with E-state index >= 15 is 0 Å². The fraction of sp³-hybridized carbons (Fsp3) is 0.400. The predicted molar refractivity (Wildman–Crippen MR) is 76.6 cm³/mol. The molecule has 2 aliphatic rings. The average molecular weight is 287 g/mol. The lowest BCUT2D eigenvalue weighted by atomic mass is 9.92. The second-order valence-corrected chi connectivity index (χ2v) is 5.61. The number of nitrogens with one attached hydrogen (secondary N) is 1. The van der Waals surface area contributed by atoms with Crippen LogP contribution in [0.3, 0.4) is 0 Å². The number of carbonyl (C=O) groups excluding carboxylic acids is 3. The predicted octanol–water partition coefficient (Wildman–Crippen LogP) is 0.779. The summed E-state index contributed by atoms with van der Waals surface area (Å²) in [5.74, 6) is -1.58. The van der Waals surface area contributed by atoms with Gasteiger partial charge in [-0.1, -0.05) is 13.0 Å². The van der Waals surface area contributed by atoms with Gasteiger partial charge in [-0.15, -0.1) is 0 Å². The third-order valence-corrected chi connectivity index (χ3v) is 4.20. The summed E-state index contributed by atoms with van der Waals surface area (Å²) in [6, 6.07) is 4.19. The molecule has 2 atom stereocenters. The smallest absolute Gasteiger partial charge is 0.270 e. The van der Waals surface area contributed by atoms with Crippen molar-refractivity contribution in [2.45, 2.75) is 25.8 Å². The number of piperidine rings is 1. The van der Waals surface area contributed by atoms with E-state index in [2.05, 4.69) is 5.32 Å². The topological polar surface area (TPSA) is 92.5 Å². The van der Waals surface area contributed by atoms with E-state index in [9.17, 15) is 14.4 Å². The van der Waals surface area contributed by atoms with Gasteiger partial charge in [0, 0.05) is 5.69 Å². The first-order valence-corrected chi connectivity index (χ1v) is 7.07.